The quantitative estimate of drug-likeness (QED) is 0.850. The maximum absolute atomic E-state index is 13.4. The Morgan fingerprint density at radius 3 is 2.87 bits per heavy atom. The van der Waals surface area contributed by atoms with Crippen LogP contribution in [0.25, 0.3) is 0 Å². The molecule has 4 heteroatoms. The minimum absolute atomic E-state index is 0.182. The maximum atomic E-state index is 13.4. The summed E-state index contributed by atoms with van der Waals surface area (Å²) in [7, 11) is 2.01. The highest BCUT2D eigenvalue weighted by Gasteiger charge is 2.21. The summed E-state index contributed by atoms with van der Waals surface area (Å²) in [6, 6.07) is 5.21. The Balaban J connectivity index is 2.05. The van der Waals surface area contributed by atoms with E-state index in [0.29, 0.717) is 23.2 Å². The largest absolute Gasteiger partial charge is 0.314 e. The van der Waals surface area contributed by atoms with E-state index < -0.39 is 0 Å². The van der Waals surface area contributed by atoms with Crippen LogP contribution in [0.3, 0.4) is 0 Å². The zero-order chi connectivity index (χ0) is 10.8. The normalized spacial score (nSPS) is 16.8. The van der Waals surface area contributed by atoms with Crippen molar-refractivity contribution in [3.05, 3.63) is 34.6 Å². The van der Waals surface area contributed by atoms with Gasteiger partial charge in [0.05, 0.1) is 0 Å². The van der Waals surface area contributed by atoms with Crippen molar-refractivity contribution in [1.29, 1.82) is 0 Å². The minimum Gasteiger partial charge on any atom is -0.314 e. The predicted molar refractivity (Wildman–Crippen MR) is 59.5 cm³/mol. The Kier molecular flexibility index (Phi) is 3.24. The van der Waals surface area contributed by atoms with Crippen molar-refractivity contribution in [1.82, 2.24) is 10.2 Å². The molecule has 82 valence electrons. The molecule has 1 aliphatic heterocycles. The fraction of sp³-hybridized carbons (Fsp3) is 0.455. The van der Waals surface area contributed by atoms with Crippen molar-refractivity contribution in [2.75, 3.05) is 20.1 Å². The van der Waals surface area contributed by atoms with Gasteiger partial charge < -0.3 is 5.32 Å². The van der Waals surface area contributed by atoms with Gasteiger partial charge in [0.2, 0.25) is 0 Å². The average Bonchev–Trinajstić information content (AvgIpc) is 2.08. The molecule has 0 aliphatic carbocycles. The Morgan fingerprint density at radius 2 is 2.27 bits per heavy atom. The van der Waals surface area contributed by atoms with Crippen LogP contribution < -0.4 is 5.32 Å². The van der Waals surface area contributed by atoms with Gasteiger partial charge in [-0.2, -0.15) is 0 Å². The van der Waals surface area contributed by atoms with E-state index in [4.69, 9.17) is 11.6 Å². The molecular weight excluding hydrogens is 215 g/mol. The summed E-state index contributed by atoms with van der Waals surface area (Å²) in [5, 5.41) is 3.78. The fourth-order valence-corrected chi connectivity index (χ4v) is 1.84. The fourth-order valence-electron chi connectivity index (χ4n) is 1.65. The summed E-state index contributed by atoms with van der Waals surface area (Å²) in [5.41, 5.74) is 0.664. The molecule has 0 bridgehead atoms. The second-order valence-corrected chi connectivity index (χ2v) is 4.40. The Labute approximate surface area is 94.0 Å². The highest BCUT2D eigenvalue weighted by atomic mass is 35.5. The van der Waals surface area contributed by atoms with Gasteiger partial charge in [-0.1, -0.05) is 11.6 Å². The molecule has 0 saturated carbocycles. The molecule has 0 amide bonds. The molecule has 0 aromatic heterocycles. The summed E-state index contributed by atoms with van der Waals surface area (Å²) < 4.78 is 13.4. The first-order valence-corrected chi connectivity index (χ1v) is 5.39. The van der Waals surface area contributed by atoms with E-state index in [-0.39, 0.29) is 5.82 Å². The summed E-state index contributed by atoms with van der Waals surface area (Å²) in [6.45, 7) is 2.58. The number of likely N-dealkylation sites (N-methyl/N-ethyl adjacent to an activating group) is 1. The van der Waals surface area contributed by atoms with Gasteiger partial charge in [-0.25, -0.2) is 4.39 Å². The maximum Gasteiger partial charge on any atom is 0.127 e. The minimum atomic E-state index is -0.182. The van der Waals surface area contributed by atoms with Crippen LogP contribution in [-0.2, 0) is 6.54 Å². The van der Waals surface area contributed by atoms with Gasteiger partial charge in [-0.3, -0.25) is 4.90 Å². The predicted octanol–water partition coefficient (Wildman–Crippen LogP) is 1.88. The van der Waals surface area contributed by atoms with Gasteiger partial charge in [0.25, 0.3) is 0 Å². The summed E-state index contributed by atoms with van der Waals surface area (Å²) in [4.78, 5) is 2.14. The van der Waals surface area contributed by atoms with Crippen LogP contribution in [0, 0.1) is 5.82 Å². The molecule has 2 rings (SSSR count). The molecule has 0 radical (unpaired) electrons. The summed E-state index contributed by atoms with van der Waals surface area (Å²) >= 11 is 5.83. The van der Waals surface area contributed by atoms with E-state index in [1.54, 1.807) is 12.1 Å². The highest BCUT2D eigenvalue weighted by molar-refractivity contribution is 6.30. The van der Waals surface area contributed by atoms with Crippen molar-refractivity contribution in [2.24, 2.45) is 0 Å². The van der Waals surface area contributed by atoms with Crippen LogP contribution in [-0.4, -0.2) is 31.1 Å². The third kappa shape index (κ3) is 2.48. The standard InChI is InChI=1S/C11H14ClFN2/c1-15(10-5-14-6-10)7-8-4-9(12)2-3-11(8)13/h2-4,10,14H,5-7H2,1H3. The zero-order valence-corrected chi connectivity index (χ0v) is 9.39. The number of hydrogen-bond acceptors (Lipinski definition) is 2. The Hall–Kier alpha value is -0.640. The van der Waals surface area contributed by atoms with Gasteiger partial charge >= 0.3 is 0 Å². The van der Waals surface area contributed by atoms with E-state index in [2.05, 4.69) is 10.2 Å². The SMILES string of the molecule is CN(Cc1cc(Cl)ccc1F)C1CNC1. The molecule has 15 heavy (non-hydrogen) atoms. The Morgan fingerprint density at radius 1 is 1.53 bits per heavy atom. The number of rotatable bonds is 3. The number of hydrogen-bond donors (Lipinski definition) is 1. The lowest BCUT2D eigenvalue weighted by atomic mass is 10.1. The molecule has 1 saturated heterocycles. The zero-order valence-electron chi connectivity index (χ0n) is 8.63. The molecule has 0 spiro atoms. The van der Waals surface area contributed by atoms with E-state index in [1.165, 1.54) is 6.07 Å². The topological polar surface area (TPSA) is 15.3 Å². The van der Waals surface area contributed by atoms with Gasteiger partial charge in [0.1, 0.15) is 5.82 Å². The summed E-state index contributed by atoms with van der Waals surface area (Å²) in [6.07, 6.45) is 0. The van der Waals surface area contributed by atoms with Crippen molar-refractivity contribution in [2.45, 2.75) is 12.6 Å². The molecule has 2 nitrogen and oxygen atoms in total. The van der Waals surface area contributed by atoms with Crippen LogP contribution in [0.15, 0.2) is 18.2 Å². The first kappa shape index (κ1) is 10.9. The Bertz CT molecular complexity index is 352. The van der Waals surface area contributed by atoms with Crippen LogP contribution in [0.4, 0.5) is 4.39 Å². The first-order chi connectivity index (χ1) is 7.16. The third-order valence-electron chi connectivity index (χ3n) is 2.81. The van der Waals surface area contributed by atoms with Crippen molar-refractivity contribution in [3.8, 4) is 0 Å². The molecule has 0 unspecified atom stereocenters. The summed E-state index contributed by atoms with van der Waals surface area (Å²) in [5.74, 6) is -0.182. The van der Waals surface area contributed by atoms with Gasteiger partial charge in [-0.05, 0) is 25.2 Å². The van der Waals surface area contributed by atoms with E-state index >= 15 is 0 Å². The molecule has 1 aromatic rings. The van der Waals surface area contributed by atoms with Gasteiger partial charge in [0, 0.05) is 36.3 Å². The number of halogens is 2. The molecule has 1 aromatic carbocycles. The third-order valence-corrected chi connectivity index (χ3v) is 3.05. The van der Waals surface area contributed by atoms with Crippen LogP contribution in [0.5, 0.6) is 0 Å². The van der Waals surface area contributed by atoms with E-state index in [1.807, 2.05) is 7.05 Å². The monoisotopic (exact) mass is 228 g/mol. The second kappa shape index (κ2) is 4.47. The molecule has 1 fully saturated rings. The van der Waals surface area contributed by atoms with Crippen LogP contribution >= 0.6 is 11.6 Å². The molecule has 0 atom stereocenters. The lowest BCUT2D eigenvalue weighted by Gasteiger charge is -2.35. The highest BCUT2D eigenvalue weighted by Crippen LogP contribution is 2.17. The molecular formula is C11H14ClFN2. The van der Waals surface area contributed by atoms with E-state index in [0.717, 1.165) is 13.1 Å². The lowest BCUT2D eigenvalue weighted by Crippen LogP contribution is -2.55. The van der Waals surface area contributed by atoms with Crippen LogP contribution in [0.2, 0.25) is 5.02 Å². The van der Waals surface area contributed by atoms with Crippen molar-refractivity contribution < 1.29 is 4.39 Å². The van der Waals surface area contributed by atoms with Crippen molar-refractivity contribution in [3.63, 3.8) is 0 Å². The van der Waals surface area contributed by atoms with Crippen LogP contribution in [0.1, 0.15) is 5.56 Å². The van der Waals surface area contributed by atoms with Gasteiger partial charge in [0.15, 0.2) is 0 Å². The molecule has 1 aliphatic rings. The number of benzene rings is 1. The number of nitrogens with zero attached hydrogens (tertiary/aromatic N) is 1. The van der Waals surface area contributed by atoms with E-state index in [9.17, 15) is 4.39 Å². The van der Waals surface area contributed by atoms with Crippen molar-refractivity contribution >= 4 is 11.6 Å². The molecule has 1 N–H and O–H groups in total. The lowest BCUT2D eigenvalue weighted by molar-refractivity contribution is 0.171. The smallest absolute Gasteiger partial charge is 0.127 e. The average molecular weight is 229 g/mol. The second-order valence-electron chi connectivity index (χ2n) is 3.96. The number of nitrogens with one attached hydrogen (secondary N) is 1. The van der Waals surface area contributed by atoms with Gasteiger partial charge in [-0.15, -0.1) is 0 Å². The first-order valence-electron chi connectivity index (χ1n) is 5.01. The molecule has 1 heterocycles.